The molecule has 2 aromatic carbocycles. The number of nitrogens with zero attached hydrogens (tertiary/aromatic N) is 1. The Balaban J connectivity index is 1.86. The first-order chi connectivity index (χ1) is 12.7. The number of aryl methyl sites for hydroxylation is 2. The molecule has 3 heteroatoms. The van der Waals surface area contributed by atoms with Gasteiger partial charge in [0.15, 0.2) is 6.04 Å². The molecule has 26 heavy (non-hydrogen) atoms. The molecular weight excluding hydrogens is 338 g/mol. The second kappa shape index (κ2) is 4.93. The van der Waals surface area contributed by atoms with Crippen LogP contribution in [0.5, 0.6) is 0 Å². The Labute approximate surface area is 156 Å². The van der Waals surface area contributed by atoms with Crippen molar-refractivity contribution >= 4 is 32.3 Å². The quantitative estimate of drug-likeness (QED) is 0.421. The summed E-state index contributed by atoms with van der Waals surface area (Å²) in [5.74, 6) is 0.465. The lowest BCUT2D eigenvalue weighted by Gasteiger charge is -2.19. The van der Waals surface area contributed by atoms with Gasteiger partial charge in [0.25, 0.3) is 0 Å². The van der Waals surface area contributed by atoms with Crippen LogP contribution in [-0.4, -0.2) is 13.2 Å². The van der Waals surface area contributed by atoms with Gasteiger partial charge in [-0.15, -0.1) is 11.3 Å². The van der Waals surface area contributed by atoms with Crippen LogP contribution in [0.15, 0.2) is 47.8 Å². The van der Waals surface area contributed by atoms with Gasteiger partial charge in [-0.3, -0.25) is 0 Å². The molecule has 0 amide bonds. The highest BCUT2D eigenvalue weighted by atomic mass is 32.1. The highest BCUT2D eigenvalue weighted by Crippen LogP contribution is 2.58. The van der Waals surface area contributed by atoms with Gasteiger partial charge in [-0.05, 0) is 48.6 Å². The molecule has 4 aromatic rings. The highest BCUT2D eigenvalue weighted by Gasteiger charge is 2.65. The molecule has 2 aliphatic rings. The van der Waals surface area contributed by atoms with Gasteiger partial charge >= 0.3 is 0 Å². The van der Waals surface area contributed by atoms with Crippen molar-refractivity contribution in [2.75, 3.05) is 7.11 Å². The van der Waals surface area contributed by atoms with Crippen LogP contribution in [0.2, 0.25) is 0 Å². The van der Waals surface area contributed by atoms with Crippen LogP contribution >= 0.6 is 11.3 Å². The summed E-state index contributed by atoms with van der Waals surface area (Å²) in [6.45, 7) is 4.46. The predicted octanol–water partition coefficient (Wildman–Crippen LogP) is 5.29. The van der Waals surface area contributed by atoms with E-state index < -0.39 is 0 Å². The van der Waals surface area contributed by atoms with Gasteiger partial charge < -0.3 is 4.74 Å². The first-order valence-electron chi connectivity index (χ1n) is 9.18. The standard InChI is InChI=1S/C23H20NOS/c1-12-10-13(2)18-16(11-12)20-15-8-9-26-23(15)14-6-4-5-7-17(14)24(20)21-19(18)22(21)25-3/h4-11,19,21-22H,1-3H3/q+1. The highest BCUT2D eigenvalue weighted by molar-refractivity contribution is 7.18. The average Bonchev–Trinajstić information content (AvgIpc) is 3.14. The van der Waals surface area contributed by atoms with Crippen LogP contribution in [-0.2, 0) is 4.74 Å². The second-order valence-electron chi connectivity index (χ2n) is 7.66. The summed E-state index contributed by atoms with van der Waals surface area (Å²) in [5, 5.41) is 4.96. The molecular formula is C23H20NOS+. The summed E-state index contributed by atoms with van der Waals surface area (Å²) in [4.78, 5) is 0. The summed E-state index contributed by atoms with van der Waals surface area (Å²) < 4.78 is 9.90. The minimum Gasteiger partial charge on any atom is -0.374 e. The molecule has 0 bridgehead atoms. The first-order valence-corrected chi connectivity index (χ1v) is 10.1. The maximum Gasteiger partial charge on any atom is 0.222 e. The molecule has 3 heterocycles. The number of thiophene rings is 1. The third-order valence-corrected chi connectivity index (χ3v) is 7.12. The van der Waals surface area contributed by atoms with E-state index >= 15 is 0 Å². The van der Waals surface area contributed by atoms with E-state index in [2.05, 4.69) is 66.3 Å². The van der Waals surface area contributed by atoms with Crippen LogP contribution in [0.25, 0.3) is 32.2 Å². The van der Waals surface area contributed by atoms with E-state index in [0.29, 0.717) is 12.0 Å². The SMILES string of the molecule is COC1C2c3c(C)cc(C)cc3-c3c4ccsc4c4ccccc4[n+]3C12. The summed E-state index contributed by atoms with van der Waals surface area (Å²) in [6, 6.07) is 16.2. The van der Waals surface area contributed by atoms with Crippen LogP contribution < -0.4 is 4.57 Å². The van der Waals surface area contributed by atoms with Crippen molar-refractivity contribution in [2.45, 2.75) is 31.9 Å². The van der Waals surface area contributed by atoms with Crippen molar-refractivity contribution in [1.29, 1.82) is 0 Å². The largest absolute Gasteiger partial charge is 0.374 e. The number of para-hydroxylation sites is 1. The molecule has 1 fully saturated rings. The van der Waals surface area contributed by atoms with Crippen molar-refractivity contribution in [3.05, 3.63) is 64.5 Å². The van der Waals surface area contributed by atoms with Gasteiger partial charge in [0.05, 0.1) is 27.0 Å². The molecule has 6 rings (SSSR count). The average molecular weight is 358 g/mol. The Hall–Kier alpha value is -2.23. The number of fused-ring (bicyclic) bond motifs is 11. The van der Waals surface area contributed by atoms with Crippen molar-refractivity contribution in [3.8, 4) is 11.3 Å². The third kappa shape index (κ3) is 1.68. The fraction of sp³-hybridized carbons (Fsp3) is 0.261. The molecule has 2 nitrogen and oxygen atoms in total. The van der Waals surface area contributed by atoms with E-state index in [-0.39, 0.29) is 6.10 Å². The molecule has 1 aliphatic carbocycles. The maximum atomic E-state index is 5.93. The van der Waals surface area contributed by atoms with E-state index in [1.807, 2.05) is 18.4 Å². The van der Waals surface area contributed by atoms with Gasteiger partial charge in [0, 0.05) is 13.2 Å². The Bertz CT molecular complexity index is 1220. The first kappa shape index (κ1) is 14.9. The Morgan fingerprint density at radius 1 is 1.04 bits per heavy atom. The predicted molar refractivity (Wildman–Crippen MR) is 107 cm³/mol. The summed E-state index contributed by atoms with van der Waals surface area (Å²) in [6.07, 6.45) is 0.265. The topological polar surface area (TPSA) is 13.1 Å². The van der Waals surface area contributed by atoms with Crippen LogP contribution in [0.3, 0.4) is 0 Å². The number of hydrogen-bond donors (Lipinski definition) is 0. The molecule has 3 unspecified atom stereocenters. The summed E-state index contributed by atoms with van der Waals surface area (Å²) in [7, 11) is 1.86. The number of methoxy groups -OCH3 is 1. The van der Waals surface area contributed by atoms with Crippen LogP contribution in [0, 0.1) is 13.8 Å². The number of aromatic nitrogens is 1. The minimum atomic E-state index is 0.265. The van der Waals surface area contributed by atoms with E-state index in [4.69, 9.17) is 4.74 Å². The van der Waals surface area contributed by atoms with E-state index in [0.717, 1.165) is 0 Å². The smallest absolute Gasteiger partial charge is 0.222 e. The van der Waals surface area contributed by atoms with Crippen LogP contribution in [0.1, 0.15) is 28.7 Å². The van der Waals surface area contributed by atoms with Crippen LogP contribution in [0.4, 0.5) is 0 Å². The summed E-state index contributed by atoms with van der Waals surface area (Å²) >= 11 is 1.85. The molecule has 1 aliphatic heterocycles. The Kier molecular flexibility index (Phi) is 2.83. The zero-order chi connectivity index (χ0) is 17.6. The molecule has 0 spiro atoms. The fourth-order valence-electron chi connectivity index (χ4n) is 5.23. The minimum absolute atomic E-state index is 0.265. The lowest BCUT2D eigenvalue weighted by Crippen LogP contribution is -2.40. The molecule has 0 N–H and O–H groups in total. The molecule has 3 atom stereocenters. The van der Waals surface area contributed by atoms with E-state index in [1.54, 1.807) is 0 Å². The normalized spacial score (nSPS) is 23.0. The third-order valence-electron chi connectivity index (χ3n) is 6.18. The zero-order valence-corrected chi connectivity index (χ0v) is 15.9. The number of pyridine rings is 1. The lowest BCUT2D eigenvalue weighted by molar-refractivity contribution is -0.668. The lowest BCUT2D eigenvalue weighted by atomic mass is 9.89. The summed E-state index contributed by atoms with van der Waals surface area (Å²) in [5.41, 5.74) is 8.33. The maximum absolute atomic E-state index is 5.93. The number of ether oxygens (including phenoxy) is 1. The van der Waals surface area contributed by atoms with E-state index in [9.17, 15) is 0 Å². The number of hydrogen-bond acceptors (Lipinski definition) is 2. The van der Waals surface area contributed by atoms with Crippen molar-refractivity contribution in [3.63, 3.8) is 0 Å². The Morgan fingerprint density at radius 3 is 2.73 bits per heavy atom. The molecule has 128 valence electrons. The number of rotatable bonds is 1. The Morgan fingerprint density at radius 2 is 1.88 bits per heavy atom. The van der Waals surface area contributed by atoms with Gasteiger partial charge in [0.2, 0.25) is 11.2 Å². The fourth-order valence-corrected chi connectivity index (χ4v) is 6.16. The molecule has 2 aromatic heterocycles. The molecule has 0 saturated heterocycles. The monoisotopic (exact) mass is 358 g/mol. The zero-order valence-electron chi connectivity index (χ0n) is 15.1. The van der Waals surface area contributed by atoms with Crippen molar-refractivity contribution < 1.29 is 9.30 Å². The van der Waals surface area contributed by atoms with Gasteiger partial charge in [-0.25, -0.2) is 0 Å². The van der Waals surface area contributed by atoms with Gasteiger partial charge in [-0.2, -0.15) is 4.57 Å². The second-order valence-corrected chi connectivity index (χ2v) is 8.58. The molecule has 0 radical (unpaired) electrons. The van der Waals surface area contributed by atoms with E-state index in [1.165, 1.54) is 48.9 Å². The number of benzene rings is 2. The van der Waals surface area contributed by atoms with Crippen molar-refractivity contribution in [2.24, 2.45) is 0 Å². The van der Waals surface area contributed by atoms with Gasteiger partial charge in [0.1, 0.15) is 6.10 Å². The molecule has 1 saturated carbocycles. The van der Waals surface area contributed by atoms with Gasteiger partial charge in [-0.1, -0.05) is 23.8 Å². The van der Waals surface area contributed by atoms with Crippen molar-refractivity contribution in [1.82, 2.24) is 0 Å².